The predicted molar refractivity (Wildman–Crippen MR) is 75.0 cm³/mol. The summed E-state index contributed by atoms with van der Waals surface area (Å²) in [5, 5.41) is 9.79. The third-order valence-electron chi connectivity index (χ3n) is 2.79. The molecule has 0 fully saturated rings. The summed E-state index contributed by atoms with van der Waals surface area (Å²) in [6.07, 6.45) is 0. The number of nitrogens with zero attached hydrogens (tertiary/aromatic N) is 1. The van der Waals surface area contributed by atoms with Crippen LogP contribution in [0.1, 0.15) is 26.3 Å². The lowest BCUT2D eigenvalue weighted by Gasteiger charge is -2.27. The molecule has 0 saturated heterocycles. The molecule has 114 valence electrons. The summed E-state index contributed by atoms with van der Waals surface area (Å²) in [5.74, 6) is -0.531. The largest absolute Gasteiger partial charge is 0.389 e. The van der Waals surface area contributed by atoms with Crippen molar-refractivity contribution in [3.05, 3.63) is 29.6 Å². The van der Waals surface area contributed by atoms with E-state index in [-0.39, 0.29) is 30.1 Å². The Labute approximate surface area is 119 Å². The average Bonchev–Trinajstić information content (AvgIpc) is 2.35. The molecular formula is C13H21FN2O3S. The Hall–Kier alpha value is -1.02. The molecule has 0 bridgehead atoms. The van der Waals surface area contributed by atoms with E-state index in [4.69, 9.17) is 5.73 Å². The summed E-state index contributed by atoms with van der Waals surface area (Å²) in [5.41, 5.74) is 4.38. The van der Waals surface area contributed by atoms with E-state index in [2.05, 4.69) is 0 Å². The van der Waals surface area contributed by atoms with E-state index in [1.165, 1.54) is 26.0 Å². The maximum absolute atomic E-state index is 13.4. The summed E-state index contributed by atoms with van der Waals surface area (Å²) in [6.45, 7) is 4.83. The van der Waals surface area contributed by atoms with Crippen LogP contribution in [0.15, 0.2) is 23.1 Å². The first-order valence-electron chi connectivity index (χ1n) is 6.33. The van der Waals surface area contributed by atoms with Gasteiger partial charge in [0.2, 0.25) is 10.0 Å². The van der Waals surface area contributed by atoms with Gasteiger partial charge in [-0.05, 0) is 32.0 Å². The Balaban J connectivity index is 3.20. The number of rotatable bonds is 6. The molecule has 1 rings (SSSR count). The first-order valence-corrected chi connectivity index (χ1v) is 7.77. The van der Waals surface area contributed by atoms with Gasteiger partial charge >= 0.3 is 0 Å². The van der Waals surface area contributed by atoms with Gasteiger partial charge in [-0.25, -0.2) is 12.8 Å². The summed E-state index contributed by atoms with van der Waals surface area (Å²) in [6, 6.07) is 3.53. The van der Waals surface area contributed by atoms with Crippen LogP contribution >= 0.6 is 0 Å². The lowest BCUT2D eigenvalue weighted by molar-refractivity contribution is 0.0601. The van der Waals surface area contributed by atoms with Gasteiger partial charge in [-0.15, -0.1) is 0 Å². The predicted octanol–water partition coefficient (Wildman–Crippen LogP) is 1.07. The van der Waals surface area contributed by atoms with Gasteiger partial charge < -0.3 is 10.8 Å². The molecule has 0 spiro atoms. The van der Waals surface area contributed by atoms with E-state index in [1.807, 2.05) is 0 Å². The Kier molecular flexibility index (Phi) is 5.26. The molecular weight excluding hydrogens is 283 g/mol. The van der Waals surface area contributed by atoms with E-state index >= 15 is 0 Å². The highest BCUT2D eigenvalue weighted by Gasteiger charge is 2.28. The number of sulfonamides is 1. The van der Waals surface area contributed by atoms with Gasteiger partial charge in [0.05, 0.1) is 10.5 Å². The second kappa shape index (κ2) is 6.17. The third-order valence-corrected chi connectivity index (χ3v) is 4.71. The van der Waals surface area contributed by atoms with Gasteiger partial charge in [-0.2, -0.15) is 4.31 Å². The van der Waals surface area contributed by atoms with Crippen LogP contribution in [0.5, 0.6) is 0 Å². The van der Waals surface area contributed by atoms with Gasteiger partial charge in [0.15, 0.2) is 0 Å². The molecule has 20 heavy (non-hydrogen) atoms. The number of aliphatic hydroxyl groups is 1. The molecule has 0 unspecified atom stereocenters. The smallest absolute Gasteiger partial charge is 0.243 e. The SMILES string of the molecule is CCN(CC(C)(C)O)S(=O)(=O)c1ccc(F)c(CN)c1. The first kappa shape index (κ1) is 17.0. The highest BCUT2D eigenvalue weighted by Crippen LogP contribution is 2.20. The number of hydrogen-bond donors (Lipinski definition) is 2. The number of benzene rings is 1. The minimum Gasteiger partial charge on any atom is -0.389 e. The van der Waals surface area contributed by atoms with Crippen molar-refractivity contribution in [3.8, 4) is 0 Å². The van der Waals surface area contributed by atoms with Gasteiger partial charge in [0.25, 0.3) is 0 Å². The van der Waals surface area contributed by atoms with Gasteiger partial charge in [0, 0.05) is 25.2 Å². The van der Waals surface area contributed by atoms with E-state index < -0.39 is 21.4 Å². The van der Waals surface area contributed by atoms with Crippen molar-refractivity contribution >= 4 is 10.0 Å². The quantitative estimate of drug-likeness (QED) is 0.823. The van der Waals surface area contributed by atoms with Crippen molar-refractivity contribution in [2.24, 2.45) is 5.73 Å². The van der Waals surface area contributed by atoms with Crippen LogP contribution in [0.3, 0.4) is 0 Å². The van der Waals surface area contributed by atoms with Crippen LogP contribution < -0.4 is 5.73 Å². The molecule has 7 heteroatoms. The van der Waals surface area contributed by atoms with Crippen molar-refractivity contribution in [3.63, 3.8) is 0 Å². The van der Waals surface area contributed by atoms with Crippen LogP contribution in [-0.4, -0.2) is 36.5 Å². The van der Waals surface area contributed by atoms with Gasteiger partial charge in [0.1, 0.15) is 5.82 Å². The van der Waals surface area contributed by atoms with E-state index in [1.54, 1.807) is 6.92 Å². The Morgan fingerprint density at radius 1 is 1.40 bits per heavy atom. The highest BCUT2D eigenvalue weighted by molar-refractivity contribution is 7.89. The van der Waals surface area contributed by atoms with Crippen LogP contribution in [0.4, 0.5) is 4.39 Å². The Morgan fingerprint density at radius 3 is 2.45 bits per heavy atom. The molecule has 0 heterocycles. The molecule has 0 saturated carbocycles. The number of hydrogen-bond acceptors (Lipinski definition) is 4. The zero-order valence-corrected chi connectivity index (χ0v) is 12.7. The van der Waals surface area contributed by atoms with E-state index in [0.29, 0.717) is 0 Å². The minimum absolute atomic E-state index is 0.0227. The summed E-state index contributed by atoms with van der Waals surface area (Å²) < 4.78 is 39.5. The van der Waals surface area contributed by atoms with Gasteiger partial charge in [-0.3, -0.25) is 0 Å². The number of likely N-dealkylation sites (N-methyl/N-ethyl adjacent to an activating group) is 1. The molecule has 3 N–H and O–H groups in total. The molecule has 0 atom stereocenters. The van der Waals surface area contributed by atoms with Crippen LogP contribution in [0, 0.1) is 5.82 Å². The van der Waals surface area contributed by atoms with Crippen molar-refractivity contribution in [2.75, 3.05) is 13.1 Å². The molecule has 0 aromatic heterocycles. The molecule has 0 aliphatic carbocycles. The second-order valence-corrected chi connectivity index (χ2v) is 7.14. The van der Waals surface area contributed by atoms with Crippen LogP contribution in [0.2, 0.25) is 0 Å². The molecule has 1 aromatic rings. The zero-order valence-electron chi connectivity index (χ0n) is 11.9. The average molecular weight is 304 g/mol. The van der Waals surface area contributed by atoms with Crippen LogP contribution in [0.25, 0.3) is 0 Å². The maximum Gasteiger partial charge on any atom is 0.243 e. The fourth-order valence-corrected chi connectivity index (χ4v) is 3.47. The maximum atomic E-state index is 13.4. The van der Waals surface area contributed by atoms with Crippen molar-refractivity contribution in [1.29, 1.82) is 0 Å². The standard InChI is InChI=1S/C13H21FN2O3S/c1-4-16(9-13(2,3)17)20(18,19)11-5-6-12(14)10(7-11)8-15/h5-7,17H,4,8-9,15H2,1-3H3. The normalized spacial score (nSPS) is 12.9. The van der Waals surface area contributed by atoms with Gasteiger partial charge in [-0.1, -0.05) is 6.92 Å². The lowest BCUT2D eigenvalue weighted by Crippen LogP contribution is -2.42. The lowest BCUT2D eigenvalue weighted by atomic mass is 10.1. The molecule has 0 aliphatic rings. The Bertz CT molecular complexity index is 567. The summed E-state index contributed by atoms with van der Waals surface area (Å²) >= 11 is 0. The summed E-state index contributed by atoms with van der Waals surface area (Å²) in [4.78, 5) is -0.0227. The topological polar surface area (TPSA) is 83.6 Å². The van der Waals surface area contributed by atoms with E-state index in [9.17, 15) is 17.9 Å². The number of nitrogens with two attached hydrogens (primary N) is 1. The first-order chi connectivity index (χ1) is 9.11. The Morgan fingerprint density at radius 2 is 2.00 bits per heavy atom. The van der Waals surface area contributed by atoms with Crippen molar-refractivity contribution in [1.82, 2.24) is 4.31 Å². The molecule has 5 nitrogen and oxygen atoms in total. The molecule has 0 amide bonds. The highest BCUT2D eigenvalue weighted by atomic mass is 32.2. The molecule has 1 aromatic carbocycles. The van der Waals surface area contributed by atoms with Crippen molar-refractivity contribution < 1.29 is 17.9 Å². The number of halogens is 1. The van der Waals surface area contributed by atoms with Crippen molar-refractivity contribution in [2.45, 2.75) is 37.8 Å². The fourth-order valence-electron chi connectivity index (χ4n) is 1.82. The minimum atomic E-state index is -3.78. The van der Waals surface area contributed by atoms with Crippen LogP contribution in [-0.2, 0) is 16.6 Å². The third kappa shape index (κ3) is 3.99. The monoisotopic (exact) mass is 304 g/mol. The molecule has 0 aliphatic heterocycles. The summed E-state index contributed by atoms with van der Waals surface area (Å²) in [7, 11) is -3.78. The fraction of sp³-hybridized carbons (Fsp3) is 0.538. The second-order valence-electron chi connectivity index (χ2n) is 5.20. The zero-order chi connectivity index (χ0) is 15.6. The molecule has 0 radical (unpaired) electrons. The van der Waals surface area contributed by atoms with E-state index in [0.717, 1.165) is 10.4 Å².